The second-order valence-corrected chi connectivity index (χ2v) is 19.0. The first-order valence-corrected chi connectivity index (χ1v) is 21.5. The number of halogens is 2. The topological polar surface area (TPSA) is 24.7 Å². The zero-order valence-corrected chi connectivity index (χ0v) is 29.9. The number of hydrogen-bond donors (Lipinski definition) is 0. The molecule has 2 nitrogen and oxygen atoms in total. The van der Waals surface area contributed by atoms with Crippen molar-refractivity contribution in [1.82, 2.24) is 0 Å². The van der Waals surface area contributed by atoms with Crippen molar-refractivity contribution in [1.29, 1.82) is 0 Å². The Hall–Kier alpha value is -1.90. The fraction of sp³-hybridized carbons (Fsp3) is 0.333. The first-order chi connectivity index (χ1) is 19.6. The van der Waals surface area contributed by atoms with Gasteiger partial charge in [-0.1, -0.05) is 128 Å². The van der Waals surface area contributed by atoms with Crippen molar-refractivity contribution in [3.63, 3.8) is 0 Å². The summed E-state index contributed by atoms with van der Waals surface area (Å²) in [6, 6.07) is 26.5. The van der Waals surface area contributed by atoms with E-state index in [2.05, 4.69) is 155 Å². The van der Waals surface area contributed by atoms with E-state index in [0.29, 0.717) is 37.6 Å². The molecule has 0 radical (unpaired) electrons. The molecule has 5 rings (SSSR count). The van der Waals surface area contributed by atoms with Crippen LogP contribution in [0.1, 0.15) is 112 Å². The van der Waals surface area contributed by atoms with Crippen LogP contribution in [0.5, 0.6) is 0 Å². The molecule has 41 heavy (non-hydrogen) atoms. The predicted molar refractivity (Wildman–Crippen MR) is 183 cm³/mol. The van der Waals surface area contributed by atoms with Gasteiger partial charge in [-0.3, -0.25) is 0 Å². The van der Waals surface area contributed by atoms with Gasteiger partial charge in [-0.2, -0.15) is 0 Å². The maximum atomic E-state index is 5.55. The van der Waals surface area contributed by atoms with Crippen LogP contribution in [-0.4, -0.2) is 11.4 Å². The van der Waals surface area contributed by atoms with Gasteiger partial charge in [-0.05, 0) is 51.3 Å². The fourth-order valence-electron chi connectivity index (χ4n) is 5.72. The Bertz CT molecular complexity index is 1430. The molecule has 1 aliphatic rings. The molecule has 1 aliphatic carbocycles. The van der Waals surface area contributed by atoms with Crippen molar-refractivity contribution in [2.24, 2.45) is 9.98 Å². The van der Waals surface area contributed by atoms with Crippen molar-refractivity contribution in [3.05, 3.63) is 106 Å². The molecule has 0 bridgehead atoms. The van der Waals surface area contributed by atoms with Gasteiger partial charge in [0.25, 0.3) is 0 Å². The first-order valence-electron chi connectivity index (χ1n) is 14.4. The second kappa shape index (κ2) is 14.0. The molecule has 0 saturated heterocycles. The van der Waals surface area contributed by atoms with Gasteiger partial charge in [0.1, 0.15) is 0 Å². The Morgan fingerprint density at radius 1 is 0.488 bits per heavy atom. The summed E-state index contributed by atoms with van der Waals surface area (Å²) in [7, 11) is 0. The van der Waals surface area contributed by atoms with E-state index in [0.717, 1.165) is 22.8 Å². The Balaban J connectivity index is 0.00000124. The summed E-state index contributed by atoms with van der Waals surface area (Å²) in [5.41, 5.74) is 11.7. The Morgan fingerprint density at radius 2 is 0.780 bits per heavy atom. The van der Waals surface area contributed by atoms with Gasteiger partial charge in [0.2, 0.25) is 0 Å². The van der Waals surface area contributed by atoms with Crippen LogP contribution >= 0.6 is 26.9 Å². The van der Waals surface area contributed by atoms with Gasteiger partial charge in [-0.25, -0.2) is 9.98 Å². The first kappa shape index (κ1) is 32.0. The summed E-state index contributed by atoms with van der Waals surface area (Å²) in [5.74, 6) is 1.51. The quantitative estimate of drug-likeness (QED) is 0.175. The van der Waals surface area contributed by atoms with E-state index in [-0.39, 0.29) is 0 Å². The molecule has 218 valence electrons. The van der Waals surface area contributed by atoms with Crippen molar-refractivity contribution < 1.29 is 13.9 Å². The molecule has 0 N–H and O–H groups in total. The monoisotopic (exact) mass is 764 g/mol. The maximum absolute atomic E-state index is 5.55. The molecule has 4 aromatic carbocycles. The van der Waals surface area contributed by atoms with Crippen molar-refractivity contribution in [3.8, 4) is 0 Å². The molecule has 0 aliphatic heterocycles. The van der Waals surface area contributed by atoms with E-state index in [4.69, 9.17) is 9.98 Å². The minimum atomic E-state index is 0.377. The molecule has 0 unspecified atom stereocenters. The third kappa shape index (κ3) is 6.70. The van der Waals surface area contributed by atoms with Crippen LogP contribution in [0.25, 0.3) is 10.8 Å². The number of aliphatic imine (C=N–C) groups is 2. The second-order valence-electron chi connectivity index (χ2n) is 11.9. The number of rotatable bonds is 6. The van der Waals surface area contributed by atoms with Crippen LogP contribution in [0.15, 0.2) is 82.8 Å². The van der Waals surface area contributed by atoms with Gasteiger partial charge in [0, 0.05) is 16.5 Å². The molecular formula is C36H40Br2N2Pd. The van der Waals surface area contributed by atoms with E-state index in [1.807, 2.05) is 0 Å². The normalized spacial score (nSPS) is 14.8. The SMILES string of the molecule is CC(C)c1cccc(C(C)C)c1N=C1C(=Nc2c(C(C)C)cccc2C(C)C)c2cccc3cccc1c23.[Br][Pd][Br]. The van der Waals surface area contributed by atoms with E-state index in [9.17, 15) is 0 Å². The molecule has 0 heterocycles. The molecule has 5 heteroatoms. The van der Waals surface area contributed by atoms with Crippen molar-refractivity contribution >= 4 is 60.4 Å². The molecule has 4 aromatic rings. The van der Waals surface area contributed by atoms with Crippen LogP contribution in [0.4, 0.5) is 11.4 Å². The fourth-order valence-corrected chi connectivity index (χ4v) is 5.72. The van der Waals surface area contributed by atoms with Gasteiger partial charge in [-0.15, -0.1) is 0 Å². The third-order valence-corrected chi connectivity index (χ3v) is 7.77. The van der Waals surface area contributed by atoms with E-state index in [1.54, 1.807) is 0 Å². The summed E-state index contributed by atoms with van der Waals surface area (Å²) < 4.78 is 0. The Labute approximate surface area is 267 Å². The summed E-state index contributed by atoms with van der Waals surface area (Å²) in [6.45, 7) is 18.1. The summed E-state index contributed by atoms with van der Waals surface area (Å²) >= 11 is 6.80. The van der Waals surface area contributed by atoms with Gasteiger partial charge in [0.15, 0.2) is 0 Å². The van der Waals surface area contributed by atoms with Crippen molar-refractivity contribution in [2.75, 3.05) is 0 Å². The predicted octanol–water partition coefficient (Wildman–Crippen LogP) is 12.3. The molecule has 0 spiro atoms. The van der Waals surface area contributed by atoms with Gasteiger partial charge >= 0.3 is 40.8 Å². The molecule has 0 saturated carbocycles. The Kier molecular flexibility index (Phi) is 11.0. The van der Waals surface area contributed by atoms with Crippen LogP contribution in [0, 0.1) is 0 Å². The number of nitrogens with zero attached hydrogens (tertiary/aromatic N) is 2. The molecule has 0 fully saturated rings. The summed E-state index contributed by atoms with van der Waals surface area (Å²) in [6.07, 6.45) is 0. The number of para-hydroxylation sites is 2. The van der Waals surface area contributed by atoms with E-state index >= 15 is 0 Å². The van der Waals surface area contributed by atoms with E-state index in [1.165, 1.54) is 44.2 Å². The summed E-state index contributed by atoms with van der Waals surface area (Å²) in [4.78, 5) is 11.1. The molecule has 0 aromatic heterocycles. The summed E-state index contributed by atoms with van der Waals surface area (Å²) in [5, 5.41) is 2.49. The molecule has 0 amide bonds. The number of hydrogen-bond acceptors (Lipinski definition) is 2. The molecule has 0 atom stereocenters. The van der Waals surface area contributed by atoms with Crippen molar-refractivity contribution in [2.45, 2.75) is 79.1 Å². The zero-order chi connectivity index (χ0) is 29.8. The van der Waals surface area contributed by atoms with Gasteiger partial charge < -0.3 is 0 Å². The average Bonchev–Trinajstić information content (AvgIpc) is 3.22. The third-order valence-electron chi connectivity index (χ3n) is 7.77. The standard InChI is InChI=1S/C36H40N2.2BrH.Pd/c1-21(2)26-15-11-16-27(22(3)4)33(26)37-35-30-19-9-13-25-14-10-20-31(32(25)30)36(35)38-34-28(23(5)6)17-12-18-29(34)24(7)8;;;/h9-24H,1-8H3;2*1H;/q;;;+2/p-2. The van der Waals surface area contributed by atoms with Crippen LogP contribution < -0.4 is 0 Å². The Morgan fingerprint density at radius 3 is 1.07 bits per heavy atom. The zero-order valence-electron chi connectivity index (χ0n) is 25.2. The van der Waals surface area contributed by atoms with Crippen LogP contribution in [0.2, 0.25) is 0 Å². The average molecular weight is 767 g/mol. The van der Waals surface area contributed by atoms with E-state index < -0.39 is 0 Å². The van der Waals surface area contributed by atoms with Crippen LogP contribution in [-0.2, 0) is 13.9 Å². The molecular weight excluding hydrogens is 727 g/mol. The van der Waals surface area contributed by atoms with Crippen LogP contribution in [0.3, 0.4) is 0 Å². The minimum absolute atomic E-state index is 0.377. The van der Waals surface area contributed by atoms with Gasteiger partial charge in [0.05, 0.1) is 22.8 Å². The number of benzene rings is 4.